The van der Waals surface area contributed by atoms with Crippen LogP contribution in [0.25, 0.3) is 11.1 Å². The summed E-state index contributed by atoms with van der Waals surface area (Å²) in [4.78, 5) is 13.8. The number of oxazole rings is 1. The average molecular weight is 283 g/mol. The van der Waals surface area contributed by atoms with Gasteiger partial charge in [-0.3, -0.25) is 4.98 Å². The van der Waals surface area contributed by atoms with Crippen LogP contribution < -0.4 is 16.8 Å². The van der Waals surface area contributed by atoms with Gasteiger partial charge >= 0.3 is 5.76 Å². The monoisotopic (exact) mass is 283 g/mol. The first-order chi connectivity index (χ1) is 10.0. The number of anilines is 2. The lowest BCUT2D eigenvalue weighted by Crippen LogP contribution is -2.09. The zero-order valence-corrected chi connectivity index (χ0v) is 11.9. The molecule has 21 heavy (non-hydrogen) atoms. The predicted molar refractivity (Wildman–Crippen MR) is 84.5 cm³/mol. The average Bonchev–Trinajstić information content (AvgIpc) is 2.78. The molecule has 0 aliphatic heterocycles. The number of aromatic amines is 1. The maximum atomic E-state index is 11.2. The van der Waals surface area contributed by atoms with Gasteiger partial charge in [-0.25, -0.2) is 4.79 Å². The van der Waals surface area contributed by atoms with Gasteiger partial charge in [0.1, 0.15) is 0 Å². The molecule has 0 spiro atoms. The third-order valence-electron chi connectivity index (χ3n) is 3.62. The summed E-state index contributed by atoms with van der Waals surface area (Å²) in [6.07, 6.45) is 0. The molecule has 0 radical (unpaired) electrons. The molecular formula is C16H17N3O2. The van der Waals surface area contributed by atoms with Crippen LogP contribution in [0.3, 0.4) is 0 Å². The number of rotatable bonds is 3. The lowest BCUT2D eigenvalue weighted by Gasteiger charge is -2.19. The van der Waals surface area contributed by atoms with E-state index in [1.54, 1.807) is 12.1 Å². The number of benzene rings is 2. The first kappa shape index (κ1) is 13.3. The van der Waals surface area contributed by atoms with E-state index in [4.69, 9.17) is 10.2 Å². The number of aromatic nitrogens is 1. The zero-order valence-electron chi connectivity index (χ0n) is 11.9. The SMILES string of the molecule is Cc1ccccc1C(C)Nc1cc2[nH]c(=O)oc2cc1N. The van der Waals surface area contributed by atoms with Gasteiger partial charge in [0.15, 0.2) is 5.58 Å². The molecule has 108 valence electrons. The van der Waals surface area contributed by atoms with Crippen molar-refractivity contribution in [1.82, 2.24) is 4.98 Å². The Kier molecular flexibility index (Phi) is 3.17. The molecule has 0 aliphatic carbocycles. The molecule has 0 saturated carbocycles. The van der Waals surface area contributed by atoms with Gasteiger partial charge < -0.3 is 15.5 Å². The van der Waals surface area contributed by atoms with Crippen LogP contribution in [0.15, 0.2) is 45.6 Å². The summed E-state index contributed by atoms with van der Waals surface area (Å²) in [5, 5.41) is 3.38. The van der Waals surface area contributed by atoms with Gasteiger partial charge in [-0.2, -0.15) is 0 Å². The highest BCUT2D eigenvalue weighted by Crippen LogP contribution is 2.28. The summed E-state index contributed by atoms with van der Waals surface area (Å²) in [6, 6.07) is 11.7. The Morgan fingerprint density at radius 3 is 2.81 bits per heavy atom. The molecule has 5 heteroatoms. The molecule has 2 aromatic carbocycles. The molecule has 3 aromatic rings. The van der Waals surface area contributed by atoms with Gasteiger partial charge in [0.25, 0.3) is 0 Å². The minimum atomic E-state index is -0.478. The van der Waals surface area contributed by atoms with E-state index in [0.29, 0.717) is 16.8 Å². The second-order valence-corrected chi connectivity index (χ2v) is 5.17. The van der Waals surface area contributed by atoms with E-state index in [0.717, 1.165) is 5.69 Å². The molecule has 3 rings (SSSR count). The van der Waals surface area contributed by atoms with E-state index >= 15 is 0 Å². The van der Waals surface area contributed by atoms with Gasteiger partial charge in [-0.15, -0.1) is 0 Å². The maximum Gasteiger partial charge on any atom is 0.417 e. The fourth-order valence-electron chi connectivity index (χ4n) is 2.52. The molecule has 1 aromatic heterocycles. The zero-order chi connectivity index (χ0) is 15.0. The topological polar surface area (TPSA) is 84.0 Å². The van der Waals surface area contributed by atoms with Crippen LogP contribution in [-0.4, -0.2) is 4.98 Å². The van der Waals surface area contributed by atoms with E-state index in [1.807, 2.05) is 12.1 Å². The fourth-order valence-corrected chi connectivity index (χ4v) is 2.52. The van der Waals surface area contributed by atoms with E-state index in [9.17, 15) is 4.79 Å². The number of hydrogen-bond donors (Lipinski definition) is 3. The van der Waals surface area contributed by atoms with Crippen LogP contribution in [0.2, 0.25) is 0 Å². The highest BCUT2D eigenvalue weighted by Gasteiger charge is 2.11. The molecule has 0 aliphatic rings. The van der Waals surface area contributed by atoms with Crippen LogP contribution in [0.5, 0.6) is 0 Å². The van der Waals surface area contributed by atoms with E-state index in [-0.39, 0.29) is 6.04 Å². The van der Waals surface area contributed by atoms with Crippen LogP contribution in [0.1, 0.15) is 24.1 Å². The third-order valence-corrected chi connectivity index (χ3v) is 3.62. The van der Waals surface area contributed by atoms with E-state index in [2.05, 4.69) is 36.3 Å². The summed E-state index contributed by atoms with van der Waals surface area (Å²) >= 11 is 0. The van der Waals surface area contributed by atoms with Crippen molar-refractivity contribution in [3.05, 3.63) is 58.1 Å². The van der Waals surface area contributed by atoms with Crippen molar-refractivity contribution in [3.63, 3.8) is 0 Å². The van der Waals surface area contributed by atoms with Crippen molar-refractivity contribution in [2.24, 2.45) is 0 Å². The molecule has 1 unspecified atom stereocenters. The Hall–Kier alpha value is -2.69. The molecule has 5 nitrogen and oxygen atoms in total. The molecule has 1 heterocycles. The Labute approximate surface area is 121 Å². The minimum Gasteiger partial charge on any atom is -0.408 e. The van der Waals surface area contributed by atoms with Crippen LogP contribution in [0.4, 0.5) is 11.4 Å². The standard InChI is InChI=1S/C16H17N3O2/c1-9-5-3-4-6-11(9)10(2)18-13-8-14-15(7-12(13)17)21-16(20)19-14/h3-8,10,18H,17H2,1-2H3,(H,19,20). The second kappa shape index (κ2) is 5.01. The first-order valence-corrected chi connectivity index (χ1v) is 6.79. The highest BCUT2D eigenvalue weighted by atomic mass is 16.4. The van der Waals surface area contributed by atoms with Gasteiger partial charge in [0.05, 0.1) is 16.9 Å². The Morgan fingerprint density at radius 1 is 1.29 bits per heavy atom. The van der Waals surface area contributed by atoms with Gasteiger partial charge in [-0.05, 0) is 31.0 Å². The predicted octanol–water partition coefficient (Wildman–Crippen LogP) is 3.18. The van der Waals surface area contributed by atoms with Crippen molar-refractivity contribution in [3.8, 4) is 0 Å². The second-order valence-electron chi connectivity index (χ2n) is 5.17. The number of hydrogen-bond acceptors (Lipinski definition) is 4. The lowest BCUT2D eigenvalue weighted by molar-refractivity contribution is 0.555. The van der Waals surface area contributed by atoms with Gasteiger partial charge in [0.2, 0.25) is 0 Å². The summed E-state index contributed by atoms with van der Waals surface area (Å²) in [7, 11) is 0. The molecule has 0 amide bonds. The number of nitrogens with two attached hydrogens (primary N) is 1. The van der Waals surface area contributed by atoms with E-state index in [1.165, 1.54) is 11.1 Å². The number of nitrogen functional groups attached to an aromatic ring is 1. The molecule has 0 bridgehead atoms. The molecule has 0 fully saturated rings. The number of aryl methyl sites for hydroxylation is 1. The van der Waals surface area contributed by atoms with Gasteiger partial charge in [0, 0.05) is 12.1 Å². The smallest absolute Gasteiger partial charge is 0.408 e. The summed E-state index contributed by atoms with van der Waals surface area (Å²) in [6.45, 7) is 4.15. The van der Waals surface area contributed by atoms with Crippen LogP contribution in [0, 0.1) is 6.92 Å². The molecule has 0 saturated heterocycles. The minimum absolute atomic E-state index is 0.101. The lowest BCUT2D eigenvalue weighted by atomic mass is 10.0. The number of nitrogens with one attached hydrogen (secondary N) is 2. The van der Waals surface area contributed by atoms with Crippen LogP contribution in [-0.2, 0) is 0 Å². The van der Waals surface area contributed by atoms with Crippen molar-refractivity contribution in [2.75, 3.05) is 11.1 Å². The largest absolute Gasteiger partial charge is 0.417 e. The highest BCUT2D eigenvalue weighted by molar-refractivity contribution is 5.85. The summed E-state index contributed by atoms with van der Waals surface area (Å²) in [5.41, 5.74) is 10.9. The first-order valence-electron chi connectivity index (χ1n) is 6.79. The quantitative estimate of drug-likeness (QED) is 0.644. The number of H-pyrrole nitrogens is 1. The van der Waals surface area contributed by atoms with Crippen LogP contribution >= 0.6 is 0 Å². The normalized spacial score (nSPS) is 12.5. The Morgan fingerprint density at radius 2 is 2.05 bits per heavy atom. The van der Waals surface area contributed by atoms with Crippen molar-refractivity contribution < 1.29 is 4.42 Å². The summed E-state index contributed by atoms with van der Waals surface area (Å²) < 4.78 is 4.99. The van der Waals surface area contributed by atoms with Crippen molar-refractivity contribution in [2.45, 2.75) is 19.9 Å². The molecular weight excluding hydrogens is 266 g/mol. The van der Waals surface area contributed by atoms with Gasteiger partial charge in [-0.1, -0.05) is 24.3 Å². The third kappa shape index (κ3) is 2.50. The summed E-state index contributed by atoms with van der Waals surface area (Å²) in [5.74, 6) is -0.478. The molecule has 1 atom stereocenters. The van der Waals surface area contributed by atoms with Crippen molar-refractivity contribution in [1.29, 1.82) is 0 Å². The Bertz CT molecular complexity index is 848. The Balaban J connectivity index is 1.96. The number of fused-ring (bicyclic) bond motifs is 1. The molecule has 4 N–H and O–H groups in total. The maximum absolute atomic E-state index is 11.2. The van der Waals surface area contributed by atoms with E-state index < -0.39 is 5.76 Å². The van der Waals surface area contributed by atoms with Crippen molar-refractivity contribution >= 4 is 22.5 Å². The fraction of sp³-hybridized carbons (Fsp3) is 0.188.